The average molecular weight is 176 g/mol. The fourth-order valence-corrected chi connectivity index (χ4v) is 1.41. The van der Waals surface area contributed by atoms with Crippen LogP contribution in [0.1, 0.15) is 6.42 Å². The van der Waals surface area contributed by atoms with Crippen molar-refractivity contribution < 1.29 is 9.13 Å². The lowest BCUT2D eigenvalue weighted by Gasteiger charge is -2.31. The average Bonchev–Trinajstić information content (AvgIpc) is 2.15. The van der Waals surface area contributed by atoms with Crippen LogP contribution in [0.5, 0.6) is 0 Å². The zero-order chi connectivity index (χ0) is 8.81. The topological polar surface area (TPSA) is 38.5 Å². The monoisotopic (exact) mass is 176 g/mol. The van der Waals surface area contributed by atoms with Crippen LogP contribution in [-0.4, -0.2) is 50.5 Å². The van der Waals surface area contributed by atoms with E-state index in [2.05, 4.69) is 4.90 Å². The third-order valence-corrected chi connectivity index (χ3v) is 2.09. The Bertz CT molecular complexity index is 124. The summed E-state index contributed by atoms with van der Waals surface area (Å²) in [6.07, 6.45) is 0.774. The number of nitrogens with two attached hydrogens (primary N) is 1. The van der Waals surface area contributed by atoms with Crippen LogP contribution >= 0.6 is 0 Å². The van der Waals surface area contributed by atoms with Gasteiger partial charge in [0.2, 0.25) is 0 Å². The molecule has 0 aromatic rings. The largest absolute Gasteiger partial charge is 0.374 e. The Kier molecular flexibility index (Phi) is 4.50. The summed E-state index contributed by atoms with van der Waals surface area (Å²) in [6.45, 7) is 3.66. The molecular weight excluding hydrogens is 159 g/mol. The fourth-order valence-electron chi connectivity index (χ4n) is 1.41. The van der Waals surface area contributed by atoms with Gasteiger partial charge in [-0.05, 0) is 6.42 Å². The molecule has 0 spiro atoms. The third kappa shape index (κ3) is 3.05. The Morgan fingerprint density at radius 2 is 2.42 bits per heavy atom. The van der Waals surface area contributed by atoms with Gasteiger partial charge in [0.15, 0.2) is 0 Å². The predicted octanol–water partition coefficient (Wildman–Crippen LogP) is 0.00550. The van der Waals surface area contributed by atoms with Crippen molar-refractivity contribution in [2.45, 2.75) is 12.5 Å². The first-order valence-electron chi connectivity index (χ1n) is 4.47. The van der Waals surface area contributed by atoms with Gasteiger partial charge in [-0.15, -0.1) is 0 Å². The van der Waals surface area contributed by atoms with Gasteiger partial charge in [-0.3, -0.25) is 9.29 Å². The Morgan fingerprint density at radius 1 is 1.58 bits per heavy atom. The van der Waals surface area contributed by atoms with Crippen molar-refractivity contribution >= 4 is 0 Å². The van der Waals surface area contributed by atoms with Crippen molar-refractivity contribution in [2.24, 2.45) is 5.73 Å². The van der Waals surface area contributed by atoms with Crippen molar-refractivity contribution in [3.05, 3.63) is 0 Å². The Balaban J connectivity index is 2.16. The highest BCUT2D eigenvalue weighted by atomic mass is 19.1. The van der Waals surface area contributed by atoms with E-state index in [9.17, 15) is 4.39 Å². The summed E-state index contributed by atoms with van der Waals surface area (Å²) in [5.41, 5.74) is 5.47. The Labute approximate surface area is 72.7 Å². The van der Waals surface area contributed by atoms with E-state index in [4.69, 9.17) is 10.5 Å². The predicted molar refractivity (Wildman–Crippen MR) is 45.8 cm³/mol. The van der Waals surface area contributed by atoms with E-state index in [1.807, 2.05) is 0 Å². The molecule has 1 aliphatic heterocycles. The van der Waals surface area contributed by atoms with Crippen molar-refractivity contribution in [3.8, 4) is 0 Å². The molecule has 12 heavy (non-hydrogen) atoms. The molecule has 1 fully saturated rings. The number of halogens is 1. The van der Waals surface area contributed by atoms with Crippen molar-refractivity contribution in [2.75, 3.05) is 39.5 Å². The van der Waals surface area contributed by atoms with Gasteiger partial charge in [-0.1, -0.05) is 0 Å². The first-order chi connectivity index (χ1) is 5.86. The molecule has 72 valence electrons. The third-order valence-electron chi connectivity index (χ3n) is 2.09. The number of morpholine rings is 1. The number of ether oxygens (including phenoxy) is 1. The van der Waals surface area contributed by atoms with Crippen molar-refractivity contribution in [1.29, 1.82) is 0 Å². The molecule has 0 radical (unpaired) electrons. The van der Waals surface area contributed by atoms with Crippen LogP contribution in [-0.2, 0) is 4.74 Å². The van der Waals surface area contributed by atoms with E-state index >= 15 is 0 Å². The molecule has 0 aliphatic carbocycles. The molecule has 1 unspecified atom stereocenters. The van der Waals surface area contributed by atoms with Gasteiger partial charge in [0.25, 0.3) is 0 Å². The lowest BCUT2D eigenvalue weighted by Crippen LogP contribution is -2.45. The maximum Gasteiger partial charge on any atom is 0.0906 e. The smallest absolute Gasteiger partial charge is 0.0906 e. The minimum atomic E-state index is -0.231. The maximum absolute atomic E-state index is 11.8. The summed E-state index contributed by atoms with van der Waals surface area (Å²) in [7, 11) is 0. The zero-order valence-electron chi connectivity index (χ0n) is 7.34. The SMILES string of the molecule is NCC1CN(CCCF)CCO1. The highest BCUT2D eigenvalue weighted by molar-refractivity contribution is 4.71. The fraction of sp³-hybridized carbons (Fsp3) is 1.00. The molecule has 1 heterocycles. The summed E-state index contributed by atoms with van der Waals surface area (Å²) < 4.78 is 17.2. The zero-order valence-corrected chi connectivity index (χ0v) is 7.34. The molecule has 0 aromatic carbocycles. The molecule has 0 aromatic heterocycles. The number of hydrogen-bond acceptors (Lipinski definition) is 3. The van der Waals surface area contributed by atoms with E-state index in [1.165, 1.54) is 0 Å². The molecule has 0 amide bonds. The van der Waals surface area contributed by atoms with Gasteiger partial charge in [0, 0.05) is 26.2 Å². The second-order valence-electron chi connectivity index (χ2n) is 3.07. The first-order valence-corrected chi connectivity index (χ1v) is 4.47. The van der Waals surface area contributed by atoms with E-state index < -0.39 is 0 Å². The van der Waals surface area contributed by atoms with Crippen molar-refractivity contribution in [1.82, 2.24) is 4.90 Å². The normalized spacial score (nSPS) is 26.0. The summed E-state index contributed by atoms with van der Waals surface area (Å²) in [4.78, 5) is 2.21. The van der Waals surface area contributed by atoms with Gasteiger partial charge in [0.1, 0.15) is 0 Å². The number of rotatable bonds is 4. The molecule has 2 N–H and O–H groups in total. The summed E-state index contributed by atoms with van der Waals surface area (Å²) in [5.74, 6) is 0. The van der Waals surface area contributed by atoms with Gasteiger partial charge < -0.3 is 10.5 Å². The van der Waals surface area contributed by atoms with E-state index in [0.29, 0.717) is 13.0 Å². The molecule has 1 rings (SSSR count). The first kappa shape index (κ1) is 9.89. The van der Waals surface area contributed by atoms with Crippen LogP contribution in [0.25, 0.3) is 0 Å². The van der Waals surface area contributed by atoms with Crippen molar-refractivity contribution in [3.63, 3.8) is 0 Å². The highest BCUT2D eigenvalue weighted by Gasteiger charge is 2.18. The summed E-state index contributed by atoms with van der Waals surface area (Å²) in [6, 6.07) is 0. The van der Waals surface area contributed by atoms with Crippen LogP contribution in [0, 0.1) is 0 Å². The van der Waals surface area contributed by atoms with Gasteiger partial charge >= 0.3 is 0 Å². The molecule has 1 atom stereocenters. The van der Waals surface area contributed by atoms with E-state index in [1.54, 1.807) is 0 Å². The molecular formula is C8H17FN2O. The number of alkyl halides is 1. The molecule has 3 nitrogen and oxygen atoms in total. The minimum Gasteiger partial charge on any atom is -0.374 e. The van der Waals surface area contributed by atoms with Gasteiger partial charge in [-0.2, -0.15) is 0 Å². The molecule has 1 aliphatic rings. The summed E-state index contributed by atoms with van der Waals surface area (Å²) >= 11 is 0. The maximum atomic E-state index is 11.8. The standard InChI is InChI=1S/C8H17FN2O/c9-2-1-3-11-4-5-12-8(6-10)7-11/h8H,1-7,10H2. The molecule has 1 saturated heterocycles. The second-order valence-corrected chi connectivity index (χ2v) is 3.07. The van der Waals surface area contributed by atoms with Crippen LogP contribution in [0.15, 0.2) is 0 Å². The van der Waals surface area contributed by atoms with Crippen LogP contribution in [0.3, 0.4) is 0 Å². The summed E-state index contributed by atoms with van der Waals surface area (Å²) in [5, 5.41) is 0. The number of nitrogens with zero attached hydrogens (tertiary/aromatic N) is 1. The van der Waals surface area contributed by atoms with E-state index in [-0.39, 0.29) is 12.8 Å². The van der Waals surface area contributed by atoms with Crippen LogP contribution in [0.2, 0.25) is 0 Å². The molecule has 4 heteroatoms. The van der Waals surface area contributed by atoms with Gasteiger partial charge in [-0.25, -0.2) is 0 Å². The van der Waals surface area contributed by atoms with Crippen LogP contribution < -0.4 is 5.73 Å². The van der Waals surface area contributed by atoms with Crippen LogP contribution in [0.4, 0.5) is 4.39 Å². The van der Waals surface area contributed by atoms with E-state index in [0.717, 1.165) is 26.2 Å². The lowest BCUT2D eigenvalue weighted by atomic mass is 10.2. The Hall–Kier alpha value is -0.190. The molecule has 0 saturated carbocycles. The highest BCUT2D eigenvalue weighted by Crippen LogP contribution is 2.04. The Morgan fingerprint density at radius 3 is 3.08 bits per heavy atom. The second kappa shape index (κ2) is 5.45. The lowest BCUT2D eigenvalue weighted by molar-refractivity contribution is -0.0237. The molecule has 0 bridgehead atoms. The van der Waals surface area contributed by atoms with Gasteiger partial charge in [0.05, 0.1) is 19.4 Å². The quantitative estimate of drug-likeness (QED) is 0.655. The minimum absolute atomic E-state index is 0.151. The number of hydrogen-bond donors (Lipinski definition) is 1.